The maximum absolute atomic E-state index is 10.5. The van der Waals surface area contributed by atoms with Gasteiger partial charge in [0.25, 0.3) is 0 Å². The third kappa shape index (κ3) is 4.41. The maximum atomic E-state index is 10.5. The fourth-order valence-corrected chi connectivity index (χ4v) is 0.875. The number of amides is 1. The van der Waals surface area contributed by atoms with Crippen LogP contribution in [0.5, 0.6) is 0 Å². The topological polar surface area (TPSA) is 124 Å². The van der Waals surface area contributed by atoms with Crippen LogP contribution in [0.25, 0.3) is 0 Å². The summed E-state index contributed by atoms with van der Waals surface area (Å²) in [5.74, 6) is -5.02. The molecule has 0 atom stereocenters. The molecule has 0 heterocycles. The van der Waals surface area contributed by atoms with E-state index in [-0.39, 0.29) is 19.3 Å². The van der Waals surface area contributed by atoms with E-state index in [9.17, 15) is 14.4 Å². The van der Waals surface area contributed by atoms with Crippen LogP contribution in [-0.2, 0) is 14.4 Å². The van der Waals surface area contributed by atoms with E-state index in [2.05, 4.69) is 0 Å². The Morgan fingerprint density at radius 3 is 2.00 bits per heavy atom. The van der Waals surface area contributed by atoms with Crippen molar-refractivity contribution >= 4 is 17.8 Å². The highest BCUT2D eigenvalue weighted by Gasteiger charge is 2.25. The highest BCUT2D eigenvalue weighted by Crippen LogP contribution is 2.09. The zero-order valence-corrected chi connectivity index (χ0v) is 7.27. The van der Waals surface area contributed by atoms with E-state index in [0.717, 1.165) is 0 Å². The van der Waals surface area contributed by atoms with E-state index in [1.807, 2.05) is 0 Å². The number of carbonyl (C=O) groups excluding carboxylic acids is 1. The number of rotatable bonds is 6. The van der Waals surface area contributed by atoms with Gasteiger partial charge < -0.3 is 10.2 Å². The van der Waals surface area contributed by atoms with Gasteiger partial charge in [0.2, 0.25) is 5.91 Å². The molecule has 0 saturated heterocycles. The van der Waals surface area contributed by atoms with Gasteiger partial charge in [0.05, 0.1) is 0 Å². The van der Waals surface area contributed by atoms with Crippen LogP contribution in [0.1, 0.15) is 19.3 Å². The highest BCUT2D eigenvalue weighted by atomic mass is 16.5. The van der Waals surface area contributed by atoms with Crippen molar-refractivity contribution < 1.29 is 29.8 Å². The summed E-state index contributed by atoms with van der Waals surface area (Å²) >= 11 is 0. The normalized spacial score (nSPS) is 9.86. The smallest absolute Gasteiger partial charge is 0.317 e. The minimum atomic E-state index is -1.50. The van der Waals surface area contributed by atoms with Crippen LogP contribution in [0.2, 0.25) is 0 Å². The first kappa shape index (κ1) is 12.4. The van der Waals surface area contributed by atoms with Gasteiger partial charge in [-0.05, 0) is 12.8 Å². The number of nitrogens with one attached hydrogen (secondary N) is 1. The molecule has 0 unspecified atom stereocenters. The van der Waals surface area contributed by atoms with E-state index in [1.54, 1.807) is 0 Å². The summed E-state index contributed by atoms with van der Waals surface area (Å²) in [6.45, 7) is 0. The zero-order chi connectivity index (χ0) is 11.1. The second kappa shape index (κ2) is 5.92. The third-order valence-electron chi connectivity index (χ3n) is 1.62. The van der Waals surface area contributed by atoms with Crippen LogP contribution >= 0.6 is 0 Å². The molecule has 0 fully saturated rings. The predicted molar refractivity (Wildman–Crippen MR) is 42.5 cm³/mol. The summed E-state index contributed by atoms with van der Waals surface area (Å²) in [6, 6.07) is 0. The molecule has 0 aliphatic rings. The van der Waals surface area contributed by atoms with Crippen molar-refractivity contribution in [3.05, 3.63) is 0 Å². The standard InChI is InChI=1S/C7H11NO6/c9-5(8-14)3-1-2-4(6(10)11)7(12)13/h4,14H,1-3H2,(H,8,9)(H,10,11)(H,12,13). The predicted octanol–water partition coefficient (Wildman–Crippen LogP) is -0.552. The number of aliphatic carboxylic acids is 2. The molecule has 7 heteroatoms. The van der Waals surface area contributed by atoms with Gasteiger partial charge in [-0.3, -0.25) is 19.6 Å². The molecule has 0 aliphatic heterocycles. The molecule has 0 aromatic rings. The van der Waals surface area contributed by atoms with Gasteiger partial charge in [0.1, 0.15) is 0 Å². The molecule has 0 bridgehead atoms. The molecule has 4 N–H and O–H groups in total. The first-order valence-electron chi connectivity index (χ1n) is 3.87. The van der Waals surface area contributed by atoms with Gasteiger partial charge in [-0.1, -0.05) is 0 Å². The SMILES string of the molecule is O=C(CCCC(C(=O)O)C(=O)O)NO. The van der Waals surface area contributed by atoms with Crippen molar-refractivity contribution in [3.8, 4) is 0 Å². The molecule has 14 heavy (non-hydrogen) atoms. The summed E-state index contributed by atoms with van der Waals surface area (Å²) in [4.78, 5) is 31.2. The maximum Gasteiger partial charge on any atom is 0.317 e. The van der Waals surface area contributed by atoms with Gasteiger partial charge in [-0.25, -0.2) is 5.48 Å². The molecule has 0 radical (unpaired) electrons. The van der Waals surface area contributed by atoms with Crippen LogP contribution in [0.4, 0.5) is 0 Å². The molecule has 0 rings (SSSR count). The van der Waals surface area contributed by atoms with Crippen molar-refractivity contribution in [2.24, 2.45) is 5.92 Å². The summed E-state index contributed by atoms with van der Waals surface area (Å²) in [6.07, 6.45) is -0.151. The number of hydroxylamine groups is 1. The number of carboxylic acid groups (broad SMARTS) is 2. The Morgan fingerprint density at radius 2 is 1.64 bits per heavy atom. The van der Waals surface area contributed by atoms with E-state index < -0.39 is 23.8 Å². The molecule has 0 spiro atoms. The lowest BCUT2D eigenvalue weighted by molar-refractivity contribution is -0.155. The van der Waals surface area contributed by atoms with Crippen LogP contribution in [0.15, 0.2) is 0 Å². The fourth-order valence-electron chi connectivity index (χ4n) is 0.875. The van der Waals surface area contributed by atoms with Crippen LogP contribution in [-0.4, -0.2) is 33.3 Å². The van der Waals surface area contributed by atoms with Gasteiger partial charge >= 0.3 is 11.9 Å². The Labute approximate surface area is 79.3 Å². The number of carbonyl (C=O) groups is 3. The fraction of sp³-hybridized carbons (Fsp3) is 0.571. The molecular weight excluding hydrogens is 194 g/mol. The van der Waals surface area contributed by atoms with E-state index in [0.29, 0.717) is 0 Å². The van der Waals surface area contributed by atoms with Crippen LogP contribution in [0, 0.1) is 5.92 Å². The quantitative estimate of drug-likeness (QED) is 0.262. The number of hydrogen-bond acceptors (Lipinski definition) is 4. The van der Waals surface area contributed by atoms with Crippen molar-refractivity contribution in [2.75, 3.05) is 0 Å². The molecule has 80 valence electrons. The second-order valence-corrected chi connectivity index (χ2v) is 2.66. The Balaban J connectivity index is 3.90. The minimum Gasteiger partial charge on any atom is -0.481 e. The number of hydrogen-bond donors (Lipinski definition) is 4. The van der Waals surface area contributed by atoms with Gasteiger partial charge in [-0.15, -0.1) is 0 Å². The average molecular weight is 205 g/mol. The van der Waals surface area contributed by atoms with Crippen molar-refractivity contribution in [1.82, 2.24) is 5.48 Å². The molecule has 0 aromatic heterocycles. The lowest BCUT2D eigenvalue weighted by Crippen LogP contribution is -2.24. The Hall–Kier alpha value is -1.63. The van der Waals surface area contributed by atoms with Crippen LogP contribution in [0.3, 0.4) is 0 Å². The van der Waals surface area contributed by atoms with Crippen molar-refractivity contribution in [2.45, 2.75) is 19.3 Å². The van der Waals surface area contributed by atoms with E-state index in [1.165, 1.54) is 5.48 Å². The zero-order valence-electron chi connectivity index (χ0n) is 7.27. The molecule has 7 nitrogen and oxygen atoms in total. The summed E-state index contributed by atoms with van der Waals surface area (Å²) < 4.78 is 0. The summed E-state index contributed by atoms with van der Waals surface area (Å²) in [5, 5.41) is 25.0. The first-order chi connectivity index (χ1) is 6.49. The van der Waals surface area contributed by atoms with Crippen LogP contribution < -0.4 is 5.48 Å². The minimum absolute atomic E-state index is 0.0929. The first-order valence-corrected chi connectivity index (χ1v) is 3.87. The Morgan fingerprint density at radius 1 is 1.14 bits per heavy atom. The Kier molecular flexibility index (Phi) is 5.23. The Bertz CT molecular complexity index is 224. The average Bonchev–Trinajstić information content (AvgIpc) is 2.10. The molecular formula is C7H11NO6. The summed E-state index contributed by atoms with van der Waals surface area (Å²) in [5.41, 5.74) is 1.36. The van der Waals surface area contributed by atoms with E-state index in [4.69, 9.17) is 15.4 Å². The lowest BCUT2D eigenvalue weighted by Gasteiger charge is -2.05. The molecule has 0 aliphatic carbocycles. The van der Waals surface area contributed by atoms with Gasteiger partial charge in [0.15, 0.2) is 5.92 Å². The molecule has 1 amide bonds. The third-order valence-corrected chi connectivity index (χ3v) is 1.62. The van der Waals surface area contributed by atoms with Crippen molar-refractivity contribution in [3.63, 3.8) is 0 Å². The number of carboxylic acids is 2. The molecule has 0 saturated carbocycles. The van der Waals surface area contributed by atoms with E-state index >= 15 is 0 Å². The largest absolute Gasteiger partial charge is 0.481 e. The van der Waals surface area contributed by atoms with Crippen molar-refractivity contribution in [1.29, 1.82) is 0 Å². The summed E-state index contributed by atoms with van der Waals surface area (Å²) in [7, 11) is 0. The van der Waals surface area contributed by atoms with Gasteiger partial charge in [0, 0.05) is 6.42 Å². The highest BCUT2D eigenvalue weighted by molar-refractivity contribution is 5.92. The van der Waals surface area contributed by atoms with Gasteiger partial charge in [-0.2, -0.15) is 0 Å². The lowest BCUT2D eigenvalue weighted by atomic mass is 10.0. The second-order valence-electron chi connectivity index (χ2n) is 2.66. The monoisotopic (exact) mass is 205 g/mol. The molecule has 0 aromatic carbocycles.